The Morgan fingerprint density at radius 1 is 0.523 bits per heavy atom. The van der Waals surface area contributed by atoms with Crippen LogP contribution >= 0.6 is 7.82 Å². The molecule has 0 radical (unpaired) electrons. The van der Waals surface area contributed by atoms with Crippen LogP contribution in [0.1, 0.15) is 290 Å². The van der Waals surface area contributed by atoms with Gasteiger partial charge in [0, 0.05) is 6.42 Å². The minimum atomic E-state index is -4.59. The molecule has 0 aromatic heterocycles. The zero-order chi connectivity index (χ0) is 47.8. The first-order chi connectivity index (χ1) is 31.5. The van der Waals surface area contributed by atoms with Gasteiger partial charge in [0.15, 0.2) is 0 Å². The molecule has 65 heavy (non-hydrogen) atoms. The van der Waals surface area contributed by atoms with Crippen LogP contribution in [0.2, 0.25) is 0 Å². The van der Waals surface area contributed by atoms with Crippen LogP contribution in [0.15, 0.2) is 12.2 Å². The first kappa shape index (κ1) is 64.2. The summed E-state index contributed by atoms with van der Waals surface area (Å²) in [6, 6.07) is -0.880. The van der Waals surface area contributed by atoms with E-state index in [1.807, 2.05) is 27.2 Å². The standard InChI is InChI=1S/C56H113N2O6P/c1-6-8-10-12-14-16-18-20-21-22-23-24-25-26-27-28-29-30-31-32-33-34-35-36-37-38-40-42-44-46-48-50-56(60)57-54(53-64-65(61,62)63-52-51-58(3,4)5)55(59)49-47-45-43-41-39-19-17-15-13-11-9-7-2/h47,49,54-55,59H,6-46,48,50-53H2,1-5H3,(H-,57,60,61,62)/b49-47+/t54-,55+/m0/s1. The SMILES string of the molecule is CCCCCCCCCCCC/C=C/[C@@H](O)[C@H](COP(=O)([O-])OCC[N+](C)(C)C)NC(=O)CCCCCCCCCCCCCCCCCCCCCCCCCCCCCCCCC. The Hall–Kier alpha value is -0.760. The highest BCUT2D eigenvalue weighted by Gasteiger charge is 2.23. The molecule has 0 aromatic rings. The largest absolute Gasteiger partial charge is 0.756 e. The molecule has 3 atom stereocenters. The highest BCUT2D eigenvalue weighted by Crippen LogP contribution is 2.38. The van der Waals surface area contributed by atoms with Crippen molar-refractivity contribution in [1.82, 2.24) is 5.32 Å². The van der Waals surface area contributed by atoms with Crippen molar-refractivity contribution in [2.24, 2.45) is 0 Å². The van der Waals surface area contributed by atoms with Crippen LogP contribution in [0, 0.1) is 0 Å². The molecule has 0 aromatic carbocycles. The number of hydrogen-bond donors (Lipinski definition) is 2. The first-order valence-corrected chi connectivity index (χ1v) is 30.0. The second kappa shape index (κ2) is 48.3. The topological polar surface area (TPSA) is 108 Å². The molecule has 0 heterocycles. The zero-order valence-corrected chi connectivity index (χ0v) is 45.1. The number of allylic oxidation sites excluding steroid dienone is 1. The van der Waals surface area contributed by atoms with Gasteiger partial charge in [-0.1, -0.05) is 276 Å². The highest BCUT2D eigenvalue weighted by atomic mass is 31.2. The molecule has 0 bridgehead atoms. The van der Waals surface area contributed by atoms with Crippen LogP contribution in [0.3, 0.4) is 0 Å². The molecular formula is C56H113N2O6P. The molecule has 0 fully saturated rings. The van der Waals surface area contributed by atoms with Gasteiger partial charge >= 0.3 is 0 Å². The summed E-state index contributed by atoms with van der Waals surface area (Å²) in [5.41, 5.74) is 0. The third-order valence-electron chi connectivity index (χ3n) is 13.2. The summed E-state index contributed by atoms with van der Waals surface area (Å²) in [6.07, 6.45) is 58.8. The molecule has 0 aliphatic heterocycles. The van der Waals surface area contributed by atoms with Gasteiger partial charge in [-0.25, -0.2) is 0 Å². The van der Waals surface area contributed by atoms with Crippen molar-refractivity contribution >= 4 is 13.7 Å². The highest BCUT2D eigenvalue weighted by molar-refractivity contribution is 7.45. The van der Waals surface area contributed by atoms with E-state index in [0.29, 0.717) is 17.4 Å². The van der Waals surface area contributed by atoms with Gasteiger partial charge in [0.1, 0.15) is 13.2 Å². The van der Waals surface area contributed by atoms with Crippen molar-refractivity contribution in [3.8, 4) is 0 Å². The van der Waals surface area contributed by atoms with Crippen LogP contribution in [0.5, 0.6) is 0 Å². The minimum Gasteiger partial charge on any atom is -0.756 e. The van der Waals surface area contributed by atoms with Gasteiger partial charge in [0.25, 0.3) is 7.82 Å². The van der Waals surface area contributed by atoms with Gasteiger partial charge in [0.2, 0.25) is 5.91 Å². The van der Waals surface area contributed by atoms with Crippen molar-refractivity contribution < 1.29 is 32.9 Å². The van der Waals surface area contributed by atoms with E-state index >= 15 is 0 Å². The number of aliphatic hydroxyl groups excluding tert-OH is 1. The number of carbonyl (C=O) groups excluding carboxylic acids is 1. The molecule has 0 spiro atoms. The third-order valence-corrected chi connectivity index (χ3v) is 14.2. The summed E-state index contributed by atoms with van der Waals surface area (Å²) < 4.78 is 23.3. The third kappa shape index (κ3) is 50.9. The summed E-state index contributed by atoms with van der Waals surface area (Å²) in [5, 5.41) is 13.8. The van der Waals surface area contributed by atoms with E-state index in [2.05, 4.69) is 19.2 Å². The Morgan fingerprint density at radius 3 is 1.15 bits per heavy atom. The number of phosphoric acid groups is 1. The van der Waals surface area contributed by atoms with Gasteiger partial charge < -0.3 is 28.8 Å². The smallest absolute Gasteiger partial charge is 0.268 e. The predicted molar refractivity (Wildman–Crippen MR) is 279 cm³/mol. The number of nitrogens with one attached hydrogen (secondary N) is 1. The number of rotatable bonds is 53. The van der Waals surface area contributed by atoms with E-state index in [4.69, 9.17) is 9.05 Å². The number of unbranched alkanes of at least 4 members (excludes halogenated alkanes) is 40. The lowest BCUT2D eigenvalue weighted by molar-refractivity contribution is -0.870. The fourth-order valence-corrected chi connectivity index (χ4v) is 9.47. The molecular weight excluding hydrogens is 828 g/mol. The molecule has 388 valence electrons. The van der Waals surface area contributed by atoms with Crippen molar-refractivity contribution in [2.75, 3.05) is 40.9 Å². The monoisotopic (exact) mass is 941 g/mol. The number of amides is 1. The van der Waals surface area contributed by atoms with Gasteiger partial charge in [-0.15, -0.1) is 0 Å². The number of likely N-dealkylation sites (N-methyl/N-ethyl adjacent to an activating group) is 1. The summed E-state index contributed by atoms with van der Waals surface area (Å²) in [5.74, 6) is -0.192. The van der Waals surface area contributed by atoms with E-state index in [9.17, 15) is 19.4 Å². The van der Waals surface area contributed by atoms with Gasteiger partial charge in [-0.3, -0.25) is 9.36 Å². The quantitative estimate of drug-likeness (QED) is 0.0272. The average molecular weight is 942 g/mol. The van der Waals surface area contributed by atoms with Crippen molar-refractivity contribution in [3.63, 3.8) is 0 Å². The Kier molecular flexibility index (Phi) is 47.7. The first-order valence-electron chi connectivity index (χ1n) is 28.6. The lowest BCUT2D eigenvalue weighted by Crippen LogP contribution is -2.45. The molecule has 0 saturated carbocycles. The number of nitrogens with zero attached hydrogens (tertiary/aromatic N) is 1. The molecule has 8 nitrogen and oxygen atoms in total. The molecule has 0 aliphatic carbocycles. The lowest BCUT2D eigenvalue weighted by atomic mass is 10.0. The molecule has 9 heteroatoms. The van der Waals surface area contributed by atoms with E-state index in [1.165, 1.54) is 231 Å². The second-order valence-corrected chi connectivity index (χ2v) is 22.4. The number of hydrogen-bond acceptors (Lipinski definition) is 6. The van der Waals surface area contributed by atoms with Gasteiger partial charge in [0.05, 0.1) is 39.9 Å². The van der Waals surface area contributed by atoms with E-state index < -0.39 is 20.0 Å². The molecule has 1 unspecified atom stereocenters. The number of quaternary nitrogens is 1. The maximum atomic E-state index is 12.9. The van der Waals surface area contributed by atoms with Crippen LogP contribution in [0.25, 0.3) is 0 Å². The van der Waals surface area contributed by atoms with Crippen molar-refractivity contribution in [3.05, 3.63) is 12.2 Å². The maximum Gasteiger partial charge on any atom is 0.268 e. The van der Waals surface area contributed by atoms with Gasteiger partial charge in [-0.05, 0) is 19.3 Å². The number of carbonyl (C=O) groups is 1. The summed E-state index contributed by atoms with van der Waals surface area (Å²) in [6.45, 7) is 4.68. The Labute approximate surface area is 405 Å². The maximum absolute atomic E-state index is 12.9. The molecule has 0 saturated heterocycles. The predicted octanol–water partition coefficient (Wildman–Crippen LogP) is 16.4. The molecule has 1 amide bonds. The Morgan fingerprint density at radius 2 is 0.831 bits per heavy atom. The number of phosphoric ester groups is 1. The fourth-order valence-electron chi connectivity index (χ4n) is 8.74. The summed E-state index contributed by atoms with van der Waals surface area (Å²) in [7, 11) is 1.28. The van der Waals surface area contributed by atoms with Crippen LogP contribution in [-0.2, 0) is 18.4 Å². The average Bonchev–Trinajstić information content (AvgIpc) is 3.26. The van der Waals surface area contributed by atoms with E-state index in [0.717, 1.165) is 38.5 Å². The van der Waals surface area contributed by atoms with Crippen LogP contribution < -0.4 is 10.2 Å². The molecule has 0 aliphatic rings. The van der Waals surface area contributed by atoms with Gasteiger partial charge in [-0.2, -0.15) is 0 Å². The summed E-state index contributed by atoms with van der Waals surface area (Å²) >= 11 is 0. The Balaban J connectivity index is 3.97. The minimum absolute atomic E-state index is 0.00230. The Bertz CT molecular complexity index is 1070. The number of aliphatic hydroxyl groups is 1. The van der Waals surface area contributed by atoms with Crippen molar-refractivity contribution in [1.29, 1.82) is 0 Å². The van der Waals surface area contributed by atoms with E-state index in [1.54, 1.807) is 6.08 Å². The second-order valence-electron chi connectivity index (χ2n) is 21.0. The molecule has 0 rings (SSSR count). The normalized spacial score (nSPS) is 14.0. The van der Waals surface area contributed by atoms with Crippen LogP contribution in [-0.4, -0.2) is 68.5 Å². The lowest BCUT2D eigenvalue weighted by Gasteiger charge is -2.29. The van der Waals surface area contributed by atoms with Crippen molar-refractivity contribution in [2.45, 2.75) is 302 Å². The van der Waals surface area contributed by atoms with E-state index in [-0.39, 0.29) is 19.1 Å². The van der Waals surface area contributed by atoms with Crippen LogP contribution in [0.4, 0.5) is 0 Å². The zero-order valence-electron chi connectivity index (χ0n) is 44.2. The fraction of sp³-hybridized carbons (Fsp3) is 0.946. The molecule has 2 N–H and O–H groups in total. The summed E-state index contributed by atoms with van der Waals surface area (Å²) in [4.78, 5) is 25.4.